The third-order valence-electron chi connectivity index (χ3n) is 3.28. The van der Waals surface area contributed by atoms with E-state index in [9.17, 15) is 0 Å². The van der Waals surface area contributed by atoms with E-state index < -0.39 is 0 Å². The van der Waals surface area contributed by atoms with Gasteiger partial charge in [0.2, 0.25) is 0 Å². The highest BCUT2D eigenvalue weighted by atomic mass is 35.5. The van der Waals surface area contributed by atoms with Crippen molar-refractivity contribution in [3.63, 3.8) is 0 Å². The van der Waals surface area contributed by atoms with Gasteiger partial charge in [0.1, 0.15) is 0 Å². The van der Waals surface area contributed by atoms with Crippen molar-refractivity contribution in [1.29, 1.82) is 0 Å². The Morgan fingerprint density at radius 2 is 2.06 bits per heavy atom. The molecule has 1 saturated carbocycles. The van der Waals surface area contributed by atoms with Gasteiger partial charge in [-0.2, -0.15) is 0 Å². The lowest BCUT2D eigenvalue weighted by molar-refractivity contribution is 0.643. The molecule has 0 N–H and O–H groups in total. The molecular weight excluding hydrogens is 253 g/mol. The van der Waals surface area contributed by atoms with Crippen LogP contribution in [-0.4, -0.2) is 12.6 Å². The Bertz CT molecular complexity index is 386. The molecule has 0 spiro atoms. The van der Waals surface area contributed by atoms with Crippen molar-refractivity contribution in [1.82, 2.24) is 0 Å². The molecule has 0 aliphatic heterocycles. The summed E-state index contributed by atoms with van der Waals surface area (Å²) < 4.78 is 0. The molecule has 1 nitrogen and oxygen atoms in total. The number of para-hydroxylation sites is 1. The van der Waals surface area contributed by atoms with Crippen LogP contribution in [-0.2, 0) is 5.88 Å². The fraction of sp³-hybridized carbons (Fsp3) is 0.571. The highest BCUT2D eigenvalue weighted by molar-refractivity contribution is 6.33. The zero-order valence-electron chi connectivity index (χ0n) is 10.4. The highest BCUT2D eigenvalue weighted by Gasteiger charge is 2.27. The van der Waals surface area contributed by atoms with Gasteiger partial charge < -0.3 is 4.90 Å². The molecule has 0 saturated heterocycles. The minimum atomic E-state index is 0.456. The maximum atomic E-state index is 6.35. The summed E-state index contributed by atoms with van der Waals surface area (Å²) >= 11 is 12.4. The summed E-state index contributed by atoms with van der Waals surface area (Å²) in [6.45, 7) is 5.53. The molecule has 0 aromatic heterocycles. The van der Waals surface area contributed by atoms with Crippen molar-refractivity contribution in [3.8, 4) is 0 Å². The average molecular weight is 272 g/mol. The largest absolute Gasteiger partial charge is 0.367 e. The van der Waals surface area contributed by atoms with Crippen LogP contribution >= 0.6 is 23.2 Å². The molecule has 1 fully saturated rings. The zero-order valence-corrected chi connectivity index (χ0v) is 11.9. The van der Waals surface area contributed by atoms with Gasteiger partial charge in [0, 0.05) is 18.5 Å². The van der Waals surface area contributed by atoms with E-state index in [1.165, 1.54) is 12.8 Å². The van der Waals surface area contributed by atoms with Gasteiger partial charge >= 0.3 is 0 Å². The molecule has 0 unspecified atom stereocenters. The predicted molar refractivity (Wildman–Crippen MR) is 76.2 cm³/mol. The number of anilines is 1. The summed E-state index contributed by atoms with van der Waals surface area (Å²) in [5.74, 6) is 1.36. The first-order valence-electron chi connectivity index (χ1n) is 6.23. The lowest BCUT2D eigenvalue weighted by Crippen LogP contribution is -2.33. The summed E-state index contributed by atoms with van der Waals surface area (Å²) in [5, 5.41) is 0.817. The van der Waals surface area contributed by atoms with Crippen LogP contribution in [0.15, 0.2) is 18.2 Å². The second kappa shape index (κ2) is 5.49. The molecule has 94 valence electrons. The fourth-order valence-electron chi connectivity index (χ4n) is 2.13. The van der Waals surface area contributed by atoms with E-state index in [-0.39, 0.29) is 0 Å². The maximum absolute atomic E-state index is 6.35. The number of rotatable bonds is 5. The molecule has 0 amide bonds. The van der Waals surface area contributed by atoms with E-state index in [1.54, 1.807) is 0 Å². The van der Waals surface area contributed by atoms with Crippen LogP contribution in [0.25, 0.3) is 0 Å². The Hall–Kier alpha value is -0.400. The van der Waals surface area contributed by atoms with Crippen LogP contribution < -0.4 is 4.90 Å². The molecule has 0 radical (unpaired) electrons. The van der Waals surface area contributed by atoms with Crippen LogP contribution in [0.3, 0.4) is 0 Å². The molecule has 1 aromatic carbocycles. The Morgan fingerprint density at radius 1 is 1.35 bits per heavy atom. The quantitative estimate of drug-likeness (QED) is 0.702. The van der Waals surface area contributed by atoms with Crippen molar-refractivity contribution >= 4 is 28.9 Å². The van der Waals surface area contributed by atoms with Crippen molar-refractivity contribution in [2.24, 2.45) is 5.92 Å². The molecule has 0 bridgehead atoms. The second-order valence-electron chi connectivity index (χ2n) is 5.07. The van der Waals surface area contributed by atoms with Crippen molar-refractivity contribution in [3.05, 3.63) is 28.8 Å². The molecule has 0 atom stereocenters. The number of halogens is 2. The Labute approximate surface area is 114 Å². The van der Waals surface area contributed by atoms with E-state index in [1.807, 2.05) is 12.1 Å². The van der Waals surface area contributed by atoms with Gasteiger partial charge in [0.05, 0.1) is 10.7 Å². The van der Waals surface area contributed by atoms with Gasteiger partial charge in [-0.1, -0.05) is 23.7 Å². The van der Waals surface area contributed by atoms with E-state index in [0.717, 1.165) is 28.7 Å². The van der Waals surface area contributed by atoms with Crippen LogP contribution in [0.5, 0.6) is 0 Å². The van der Waals surface area contributed by atoms with E-state index >= 15 is 0 Å². The number of alkyl halides is 1. The average Bonchev–Trinajstić information content (AvgIpc) is 3.09. The van der Waals surface area contributed by atoms with Gasteiger partial charge in [-0.3, -0.25) is 0 Å². The summed E-state index contributed by atoms with van der Waals surface area (Å²) in [6.07, 6.45) is 2.70. The normalized spacial score (nSPS) is 15.4. The van der Waals surface area contributed by atoms with E-state index in [4.69, 9.17) is 23.2 Å². The molecule has 1 aliphatic carbocycles. The van der Waals surface area contributed by atoms with E-state index in [2.05, 4.69) is 24.8 Å². The van der Waals surface area contributed by atoms with Crippen molar-refractivity contribution in [2.75, 3.05) is 11.4 Å². The molecule has 1 aliphatic rings. The first-order valence-corrected chi connectivity index (χ1v) is 7.14. The highest BCUT2D eigenvalue weighted by Crippen LogP contribution is 2.37. The topological polar surface area (TPSA) is 3.24 Å². The Morgan fingerprint density at radius 3 is 2.59 bits per heavy atom. The number of benzene rings is 1. The predicted octanol–water partition coefficient (Wildman–Crippen LogP) is 4.70. The second-order valence-corrected chi connectivity index (χ2v) is 5.75. The summed E-state index contributed by atoms with van der Waals surface area (Å²) in [5.41, 5.74) is 2.26. The first-order chi connectivity index (χ1) is 8.13. The van der Waals surface area contributed by atoms with Crippen LogP contribution in [0, 0.1) is 5.92 Å². The third kappa shape index (κ3) is 3.08. The standard InChI is InChI=1S/C14H19Cl2N/c1-10(2)17(9-11-6-7-11)14-12(8-15)4-3-5-13(14)16/h3-5,10-11H,6-9H2,1-2H3. The first kappa shape index (κ1) is 13.0. The van der Waals surface area contributed by atoms with Crippen molar-refractivity contribution in [2.45, 2.75) is 38.6 Å². The number of nitrogens with zero attached hydrogens (tertiary/aromatic N) is 1. The minimum Gasteiger partial charge on any atom is -0.367 e. The van der Waals surface area contributed by atoms with E-state index in [0.29, 0.717) is 11.9 Å². The molecule has 17 heavy (non-hydrogen) atoms. The van der Waals surface area contributed by atoms with Gasteiger partial charge in [0.25, 0.3) is 0 Å². The monoisotopic (exact) mass is 271 g/mol. The van der Waals surface area contributed by atoms with Gasteiger partial charge in [0.15, 0.2) is 0 Å². The maximum Gasteiger partial charge on any atom is 0.0642 e. The minimum absolute atomic E-state index is 0.456. The van der Waals surface area contributed by atoms with Crippen LogP contribution in [0.1, 0.15) is 32.3 Å². The molecule has 0 heterocycles. The summed E-state index contributed by atoms with van der Waals surface area (Å²) in [6, 6.07) is 6.45. The van der Waals surface area contributed by atoms with Crippen LogP contribution in [0.2, 0.25) is 5.02 Å². The Balaban J connectivity index is 2.32. The molecule has 3 heteroatoms. The summed E-state index contributed by atoms with van der Waals surface area (Å²) in [7, 11) is 0. The Kier molecular flexibility index (Phi) is 4.22. The lowest BCUT2D eigenvalue weighted by atomic mass is 10.1. The number of hydrogen-bond acceptors (Lipinski definition) is 1. The molecular formula is C14H19Cl2N. The van der Waals surface area contributed by atoms with Gasteiger partial charge in [-0.25, -0.2) is 0 Å². The molecule has 2 rings (SSSR count). The smallest absolute Gasteiger partial charge is 0.0642 e. The third-order valence-corrected chi connectivity index (χ3v) is 3.87. The number of hydrogen-bond donors (Lipinski definition) is 0. The van der Waals surface area contributed by atoms with Gasteiger partial charge in [-0.05, 0) is 44.2 Å². The SMILES string of the molecule is CC(C)N(CC1CC1)c1c(Cl)cccc1CCl. The zero-order chi connectivity index (χ0) is 12.4. The summed E-state index contributed by atoms with van der Waals surface area (Å²) in [4.78, 5) is 2.40. The fourth-order valence-corrected chi connectivity index (χ4v) is 2.65. The van der Waals surface area contributed by atoms with Gasteiger partial charge in [-0.15, -0.1) is 11.6 Å². The van der Waals surface area contributed by atoms with Crippen LogP contribution in [0.4, 0.5) is 5.69 Å². The lowest BCUT2D eigenvalue weighted by Gasteiger charge is -2.31. The van der Waals surface area contributed by atoms with Crippen molar-refractivity contribution < 1.29 is 0 Å². The molecule has 1 aromatic rings.